The lowest BCUT2D eigenvalue weighted by atomic mass is 10.1. The molecule has 1 aliphatic rings. The molecule has 1 heterocycles. The van der Waals surface area contributed by atoms with Crippen molar-refractivity contribution in [2.24, 2.45) is 0 Å². The predicted molar refractivity (Wildman–Crippen MR) is 108 cm³/mol. The smallest absolute Gasteiger partial charge is 0.292 e. The molecule has 1 N–H and O–H groups in total. The molecule has 4 rings (SSSR count). The Labute approximate surface area is 170 Å². The third kappa shape index (κ3) is 3.42. The van der Waals surface area contributed by atoms with Gasteiger partial charge in [0.2, 0.25) is 0 Å². The molecule has 1 aliphatic heterocycles. The molecule has 3 aromatic rings. The van der Waals surface area contributed by atoms with Gasteiger partial charge in [0.1, 0.15) is 5.69 Å². The van der Waals surface area contributed by atoms with Gasteiger partial charge in [0.05, 0.1) is 22.6 Å². The molecule has 3 aromatic carbocycles. The highest BCUT2D eigenvalue weighted by Gasteiger charge is 2.34. The molecule has 8 heteroatoms. The summed E-state index contributed by atoms with van der Waals surface area (Å²) < 4.78 is 0. The summed E-state index contributed by atoms with van der Waals surface area (Å²) in [6, 6.07) is 18.9. The van der Waals surface area contributed by atoms with Crippen LogP contribution in [-0.2, 0) is 6.54 Å². The number of para-hydroxylation sites is 2. The molecule has 0 spiro atoms. The van der Waals surface area contributed by atoms with Crippen LogP contribution in [0.3, 0.4) is 0 Å². The van der Waals surface area contributed by atoms with E-state index in [1.807, 2.05) is 0 Å². The van der Waals surface area contributed by atoms with Crippen LogP contribution in [0.2, 0.25) is 0 Å². The van der Waals surface area contributed by atoms with Crippen LogP contribution in [0.1, 0.15) is 36.6 Å². The standard InChI is InChI=1S/C22H15N3O5/c26-20(23-18-7-3-4-8-19(18)25(29)30)15-11-9-14(10-12-15)13-24-21(27)16-5-1-2-6-17(16)22(24)28/h1-12H,13H2,(H,23,26). The number of benzene rings is 3. The van der Waals surface area contributed by atoms with E-state index >= 15 is 0 Å². The zero-order valence-corrected chi connectivity index (χ0v) is 15.6. The number of rotatable bonds is 5. The highest BCUT2D eigenvalue weighted by atomic mass is 16.6. The Morgan fingerprint density at radius 1 is 0.867 bits per heavy atom. The first kappa shape index (κ1) is 19.0. The van der Waals surface area contributed by atoms with E-state index in [0.29, 0.717) is 22.3 Å². The fourth-order valence-corrected chi connectivity index (χ4v) is 3.26. The first-order valence-electron chi connectivity index (χ1n) is 9.04. The molecule has 0 bridgehead atoms. The van der Waals surface area contributed by atoms with E-state index < -0.39 is 10.8 Å². The van der Waals surface area contributed by atoms with Crippen molar-refractivity contribution in [2.75, 3.05) is 5.32 Å². The highest BCUT2D eigenvalue weighted by molar-refractivity contribution is 6.21. The van der Waals surface area contributed by atoms with E-state index in [0.717, 1.165) is 4.90 Å². The van der Waals surface area contributed by atoms with Crippen molar-refractivity contribution in [3.63, 3.8) is 0 Å². The van der Waals surface area contributed by atoms with Crippen LogP contribution in [-0.4, -0.2) is 27.5 Å². The maximum atomic E-state index is 12.5. The molecule has 0 saturated heterocycles. The second-order valence-electron chi connectivity index (χ2n) is 6.67. The lowest BCUT2D eigenvalue weighted by Crippen LogP contribution is -2.29. The average Bonchev–Trinajstić information content (AvgIpc) is 2.99. The van der Waals surface area contributed by atoms with E-state index in [2.05, 4.69) is 5.32 Å². The minimum absolute atomic E-state index is 0.0817. The number of anilines is 1. The Morgan fingerprint density at radius 3 is 2.03 bits per heavy atom. The fraction of sp³-hybridized carbons (Fsp3) is 0.0455. The van der Waals surface area contributed by atoms with Crippen LogP contribution in [0, 0.1) is 10.1 Å². The molecule has 0 saturated carbocycles. The van der Waals surface area contributed by atoms with Crippen LogP contribution < -0.4 is 5.32 Å². The molecule has 0 radical (unpaired) electrons. The number of fused-ring (bicyclic) bond motifs is 1. The zero-order chi connectivity index (χ0) is 21.3. The second kappa shape index (κ2) is 7.59. The average molecular weight is 401 g/mol. The molecule has 0 aromatic heterocycles. The third-order valence-electron chi connectivity index (χ3n) is 4.78. The summed E-state index contributed by atoms with van der Waals surface area (Å²) in [5, 5.41) is 13.6. The largest absolute Gasteiger partial charge is 0.316 e. The summed E-state index contributed by atoms with van der Waals surface area (Å²) in [7, 11) is 0. The number of nitro benzene ring substituents is 1. The van der Waals surface area contributed by atoms with Crippen molar-refractivity contribution in [2.45, 2.75) is 6.54 Å². The maximum absolute atomic E-state index is 12.5. The molecule has 0 atom stereocenters. The summed E-state index contributed by atoms with van der Waals surface area (Å²) in [6.07, 6.45) is 0. The SMILES string of the molecule is O=C(Nc1ccccc1[N+](=O)[O-])c1ccc(CN2C(=O)c3ccccc3C2=O)cc1. The van der Waals surface area contributed by atoms with Crippen LogP contribution in [0.25, 0.3) is 0 Å². The molecule has 0 aliphatic carbocycles. The highest BCUT2D eigenvalue weighted by Crippen LogP contribution is 2.25. The van der Waals surface area contributed by atoms with Gasteiger partial charge in [-0.05, 0) is 35.9 Å². The second-order valence-corrected chi connectivity index (χ2v) is 6.67. The quantitative estimate of drug-likeness (QED) is 0.399. The number of nitrogens with one attached hydrogen (secondary N) is 1. The summed E-state index contributed by atoms with van der Waals surface area (Å²) in [4.78, 5) is 49.0. The first-order chi connectivity index (χ1) is 14.5. The van der Waals surface area contributed by atoms with Gasteiger partial charge in [-0.3, -0.25) is 29.4 Å². The number of nitro groups is 1. The van der Waals surface area contributed by atoms with Crippen molar-refractivity contribution in [1.82, 2.24) is 4.90 Å². The van der Waals surface area contributed by atoms with Gasteiger partial charge in [-0.15, -0.1) is 0 Å². The van der Waals surface area contributed by atoms with E-state index in [4.69, 9.17) is 0 Å². The summed E-state index contributed by atoms with van der Waals surface area (Å²) in [5.41, 5.74) is 1.62. The molecule has 30 heavy (non-hydrogen) atoms. The monoisotopic (exact) mass is 401 g/mol. The topological polar surface area (TPSA) is 110 Å². The number of amides is 3. The normalized spacial score (nSPS) is 12.6. The molecular formula is C22H15N3O5. The van der Waals surface area contributed by atoms with E-state index in [1.165, 1.54) is 30.3 Å². The van der Waals surface area contributed by atoms with Crippen molar-refractivity contribution in [1.29, 1.82) is 0 Å². The summed E-state index contributed by atoms with van der Waals surface area (Å²) >= 11 is 0. The summed E-state index contributed by atoms with van der Waals surface area (Å²) in [5.74, 6) is -1.21. The van der Waals surface area contributed by atoms with Gasteiger partial charge in [0, 0.05) is 11.6 Å². The van der Waals surface area contributed by atoms with Gasteiger partial charge < -0.3 is 5.32 Å². The first-order valence-corrected chi connectivity index (χ1v) is 9.04. The van der Waals surface area contributed by atoms with Crippen LogP contribution in [0.5, 0.6) is 0 Å². The minimum atomic E-state index is -0.569. The van der Waals surface area contributed by atoms with E-state index in [1.54, 1.807) is 42.5 Å². The number of carbonyl (C=O) groups excluding carboxylic acids is 3. The Bertz CT molecular complexity index is 1150. The molecule has 8 nitrogen and oxygen atoms in total. The number of hydrogen-bond donors (Lipinski definition) is 1. The zero-order valence-electron chi connectivity index (χ0n) is 15.6. The fourth-order valence-electron chi connectivity index (χ4n) is 3.26. The van der Waals surface area contributed by atoms with Crippen molar-refractivity contribution in [3.8, 4) is 0 Å². The minimum Gasteiger partial charge on any atom is -0.316 e. The lowest BCUT2D eigenvalue weighted by Gasteiger charge is -2.14. The van der Waals surface area contributed by atoms with Gasteiger partial charge in [-0.1, -0.05) is 36.4 Å². The van der Waals surface area contributed by atoms with Crippen molar-refractivity contribution in [3.05, 3.63) is 105 Å². The number of nitrogens with zero attached hydrogens (tertiary/aromatic N) is 2. The van der Waals surface area contributed by atoms with Crippen LogP contribution in [0.15, 0.2) is 72.8 Å². The Morgan fingerprint density at radius 2 is 1.43 bits per heavy atom. The Hall–Kier alpha value is -4.33. The van der Waals surface area contributed by atoms with Gasteiger partial charge in [-0.25, -0.2) is 0 Å². The summed E-state index contributed by atoms with van der Waals surface area (Å²) in [6.45, 7) is 0.0817. The van der Waals surface area contributed by atoms with Crippen molar-refractivity contribution >= 4 is 29.1 Å². The van der Waals surface area contributed by atoms with Gasteiger partial charge in [0.15, 0.2) is 0 Å². The molecular weight excluding hydrogens is 386 g/mol. The molecule has 0 unspecified atom stereocenters. The van der Waals surface area contributed by atoms with Gasteiger partial charge >= 0.3 is 0 Å². The number of imide groups is 1. The molecule has 148 valence electrons. The van der Waals surface area contributed by atoms with E-state index in [9.17, 15) is 24.5 Å². The van der Waals surface area contributed by atoms with Gasteiger partial charge in [0.25, 0.3) is 23.4 Å². The molecule has 3 amide bonds. The van der Waals surface area contributed by atoms with Crippen LogP contribution >= 0.6 is 0 Å². The predicted octanol–water partition coefficient (Wildman–Crippen LogP) is 3.64. The van der Waals surface area contributed by atoms with Crippen LogP contribution in [0.4, 0.5) is 11.4 Å². The maximum Gasteiger partial charge on any atom is 0.292 e. The van der Waals surface area contributed by atoms with Crippen molar-refractivity contribution < 1.29 is 19.3 Å². The molecule has 0 fully saturated rings. The van der Waals surface area contributed by atoms with Gasteiger partial charge in [-0.2, -0.15) is 0 Å². The lowest BCUT2D eigenvalue weighted by molar-refractivity contribution is -0.383. The number of carbonyl (C=O) groups is 3. The van der Waals surface area contributed by atoms with E-state index in [-0.39, 0.29) is 29.7 Å². The Balaban J connectivity index is 1.48. The number of hydrogen-bond acceptors (Lipinski definition) is 5. The third-order valence-corrected chi connectivity index (χ3v) is 4.78. The Kier molecular flexibility index (Phi) is 4.81.